The molecule has 1 N–H and O–H groups in total. The van der Waals surface area contributed by atoms with E-state index in [4.69, 9.17) is 0 Å². The predicted molar refractivity (Wildman–Crippen MR) is 128 cm³/mol. The molecule has 158 valence electrons. The summed E-state index contributed by atoms with van der Waals surface area (Å²) in [5, 5.41) is 3.21. The van der Waals surface area contributed by atoms with Crippen molar-refractivity contribution >= 4 is 5.91 Å². The fourth-order valence-electron chi connectivity index (χ4n) is 4.98. The first-order valence-electron chi connectivity index (χ1n) is 11.2. The van der Waals surface area contributed by atoms with Crippen LogP contribution in [0.25, 0.3) is 11.1 Å². The molecule has 3 aromatic carbocycles. The largest absolute Gasteiger partial charge is 0.349 e. The van der Waals surface area contributed by atoms with E-state index in [1.165, 1.54) is 5.56 Å². The van der Waals surface area contributed by atoms with Crippen LogP contribution in [0.1, 0.15) is 35.2 Å². The van der Waals surface area contributed by atoms with E-state index in [0.717, 1.165) is 47.2 Å². The number of aromatic nitrogens is 1. The maximum Gasteiger partial charge on any atom is 0.235 e. The number of aryl methyl sites for hydroxylation is 1. The minimum Gasteiger partial charge on any atom is -0.349 e. The Bertz CT molecular complexity index is 1170. The van der Waals surface area contributed by atoms with E-state index in [2.05, 4.69) is 71.0 Å². The van der Waals surface area contributed by atoms with Gasteiger partial charge in [-0.1, -0.05) is 84.9 Å². The number of nitrogens with zero attached hydrogens (tertiary/aromatic N) is 1. The van der Waals surface area contributed by atoms with E-state index in [1.807, 2.05) is 36.4 Å². The van der Waals surface area contributed by atoms with Crippen molar-refractivity contribution in [1.29, 1.82) is 0 Å². The average molecular weight is 419 g/mol. The predicted octanol–water partition coefficient (Wildman–Crippen LogP) is 5.69. The molecule has 1 aromatic heterocycles. The Morgan fingerprint density at radius 1 is 0.750 bits per heavy atom. The minimum atomic E-state index is -0.698. The lowest BCUT2D eigenvalue weighted by molar-refractivity contribution is -0.125. The summed E-state index contributed by atoms with van der Waals surface area (Å²) in [6.07, 6.45) is 4.38. The van der Waals surface area contributed by atoms with E-state index in [0.29, 0.717) is 6.54 Å². The van der Waals surface area contributed by atoms with Gasteiger partial charge in [-0.05, 0) is 59.2 Å². The zero-order valence-corrected chi connectivity index (χ0v) is 18.0. The summed E-state index contributed by atoms with van der Waals surface area (Å²) in [6.45, 7) is 0.421. The lowest BCUT2D eigenvalue weighted by atomic mass is 9.73. The molecule has 0 saturated carbocycles. The van der Waals surface area contributed by atoms with E-state index in [9.17, 15) is 4.79 Å². The highest BCUT2D eigenvalue weighted by Crippen LogP contribution is 2.51. The fourth-order valence-corrected chi connectivity index (χ4v) is 4.98. The molecule has 32 heavy (non-hydrogen) atoms. The Morgan fingerprint density at radius 3 is 2.03 bits per heavy atom. The average Bonchev–Trinajstić information content (AvgIpc) is 3.15. The quantitative estimate of drug-likeness (QED) is 0.419. The molecule has 0 unspecified atom stereocenters. The number of hydrogen-bond acceptors (Lipinski definition) is 2. The van der Waals surface area contributed by atoms with Crippen LogP contribution >= 0.6 is 0 Å². The molecular weight excluding hydrogens is 392 g/mol. The molecule has 0 fully saturated rings. The van der Waals surface area contributed by atoms with Crippen LogP contribution in [-0.4, -0.2) is 10.9 Å². The summed E-state index contributed by atoms with van der Waals surface area (Å²) >= 11 is 0. The molecule has 0 atom stereocenters. The monoisotopic (exact) mass is 418 g/mol. The number of rotatable bonds is 7. The summed E-state index contributed by atoms with van der Waals surface area (Å²) in [5.74, 6) is 0.0496. The van der Waals surface area contributed by atoms with Crippen molar-refractivity contribution < 1.29 is 4.79 Å². The van der Waals surface area contributed by atoms with Gasteiger partial charge in [0.2, 0.25) is 5.91 Å². The van der Waals surface area contributed by atoms with Gasteiger partial charge in [-0.3, -0.25) is 9.78 Å². The van der Waals surface area contributed by atoms with Gasteiger partial charge < -0.3 is 5.32 Å². The van der Waals surface area contributed by atoms with Crippen molar-refractivity contribution in [1.82, 2.24) is 10.3 Å². The van der Waals surface area contributed by atoms with Crippen LogP contribution < -0.4 is 5.32 Å². The molecule has 1 amide bonds. The Balaban J connectivity index is 1.51. The van der Waals surface area contributed by atoms with E-state index in [-0.39, 0.29) is 5.91 Å². The van der Waals surface area contributed by atoms with Crippen molar-refractivity contribution in [3.05, 3.63) is 126 Å². The van der Waals surface area contributed by atoms with Gasteiger partial charge in [-0.25, -0.2) is 0 Å². The molecule has 0 spiro atoms. The first-order valence-corrected chi connectivity index (χ1v) is 11.2. The molecule has 1 aliphatic carbocycles. The van der Waals surface area contributed by atoms with Gasteiger partial charge in [-0.2, -0.15) is 0 Å². The second kappa shape index (κ2) is 8.80. The first-order chi connectivity index (χ1) is 15.8. The maximum atomic E-state index is 14.0. The molecule has 3 nitrogen and oxygen atoms in total. The van der Waals surface area contributed by atoms with Crippen molar-refractivity contribution in [2.45, 2.75) is 31.2 Å². The zero-order valence-electron chi connectivity index (χ0n) is 18.0. The number of benzene rings is 3. The van der Waals surface area contributed by atoms with Gasteiger partial charge in [0.1, 0.15) is 5.41 Å². The van der Waals surface area contributed by atoms with Crippen LogP contribution in [-0.2, 0) is 23.2 Å². The van der Waals surface area contributed by atoms with Crippen LogP contribution in [0, 0.1) is 0 Å². The van der Waals surface area contributed by atoms with Gasteiger partial charge in [0.25, 0.3) is 0 Å². The highest BCUT2D eigenvalue weighted by atomic mass is 16.2. The number of fused-ring (bicyclic) bond motifs is 3. The standard InChI is InChI=1S/C29H26N2O/c32-28(31-21-23-14-8-9-20-30-23)29(19-10-13-22-11-2-1-3-12-22)26-17-6-4-15-24(26)25-16-5-7-18-27(25)29/h1-9,11-12,14-18,20H,10,13,19,21H2,(H,31,32). The first kappa shape index (κ1) is 20.2. The van der Waals surface area contributed by atoms with Gasteiger partial charge in [0.05, 0.1) is 12.2 Å². The Labute approximate surface area is 189 Å². The van der Waals surface area contributed by atoms with Crippen LogP contribution in [0.3, 0.4) is 0 Å². The van der Waals surface area contributed by atoms with Crippen molar-refractivity contribution in [2.75, 3.05) is 0 Å². The van der Waals surface area contributed by atoms with Crippen LogP contribution in [0.5, 0.6) is 0 Å². The molecule has 1 aliphatic rings. The second-order valence-corrected chi connectivity index (χ2v) is 8.34. The molecule has 5 rings (SSSR count). The van der Waals surface area contributed by atoms with Crippen LogP contribution in [0.4, 0.5) is 0 Å². The number of carbonyl (C=O) groups is 1. The van der Waals surface area contributed by atoms with E-state index < -0.39 is 5.41 Å². The topological polar surface area (TPSA) is 42.0 Å². The Kier molecular flexibility index (Phi) is 5.55. The summed E-state index contributed by atoms with van der Waals surface area (Å²) in [7, 11) is 0. The minimum absolute atomic E-state index is 0.0496. The lowest BCUT2D eigenvalue weighted by Crippen LogP contribution is -2.44. The molecular formula is C29H26N2O. The highest BCUT2D eigenvalue weighted by molar-refractivity contribution is 6.00. The van der Waals surface area contributed by atoms with E-state index >= 15 is 0 Å². The van der Waals surface area contributed by atoms with Crippen LogP contribution in [0.15, 0.2) is 103 Å². The number of amides is 1. The third kappa shape index (κ3) is 3.60. The normalized spacial score (nSPS) is 13.2. The summed E-state index contributed by atoms with van der Waals surface area (Å²) in [4.78, 5) is 18.3. The SMILES string of the molecule is O=C(NCc1ccccn1)C1(CCCc2ccccc2)c2ccccc2-c2ccccc21. The van der Waals surface area contributed by atoms with Gasteiger partial charge in [0, 0.05) is 6.20 Å². The molecule has 1 heterocycles. The number of carbonyl (C=O) groups excluding carboxylic acids is 1. The number of pyridine rings is 1. The smallest absolute Gasteiger partial charge is 0.235 e. The fraction of sp³-hybridized carbons (Fsp3) is 0.172. The molecule has 4 aromatic rings. The lowest BCUT2D eigenvalue weighted by Gasteiger charge is -2.31. The molecule has 0 bridgehead atoms. The number of hydrogen-bond donors (Lipinski definition) is 1. The van der Waals surface area contributed by atoms with Gasteiger partial charge >= 0.3 is 0 Å². The molecule has 0 saturated heterocycles. The van der Waals surface area contributed by atoms with Gasteiger partial charge in [-0.15, -0.1) is 0 Å². The van der Waals surface area contributed by atoms with Crippen molar-refractivity contribution in [2.24, 2.45) is 0 Å². The van der Waals surface area contributed by atoms with Crippen molar-refractivity contribution in [3.8, 4) is 11.1 Å². The second-order valence-electron chi connectivity index (χ2n) is 8.34. The Morgan fingerprint density at radius 2 is 1.38 bits per heavy atom. The summed E-state index contributed by atoms with van der Waals surface area (Å²) < 4.78 is 0. The zero-order chi connectivity index (χ0) is 21.8. The molecule has 0 aliphatic heterocycles. The van der Waals surface area contributed by atoms with Crippen molar-refractivity contribution in [3.63, 3.8) is 0 Å². The molecule has 3 heteroatoms. The highest BCUT2D eigenvalue weighted by Gasteiger charge is 2.48. The Hall–Kier alpha value is -3.72. The van der Waals surface area contributed by atoms with Gasteiger partial charge in [0.15, 0.2) is 0 Å². The third-order valence-corrected chi connectivity index (χ3v) is 6.47. The summed E-state index contributed by atoms with van der Waals surface area (Å²) in [6, 6.07) is 33.0. The molecule has 0 radical (unpaired) electrons. The van der Waals surface area contributed by atoms with Crippen LogP contribution in [0.2, 0.25) is 0 Å². The van der Waals surface area contributed by atoms with E-state index in [1.54, 1.807) is 6.20 Å². The number of nitrogens with one attached hydrogen (secondary N) is 1. The summed E-state index contributed by atoms with van der Waals surface area (Å²) in [5.41, 5.74) is 6.00. The third-order valence-electron chi connectivity index (χ3n) is 6.47. The maximum absolute atomic E-state index is 14.0.